The maximum atomic E-state index is 9.25. The van der Waals surface area contributed by atoms with Gasteiger partial charge in [-0.15, -0.1) is 6.42 Å². The standard InChI is InChI=1S/C9H7ClO2/c1-2-8(11)7-4-3-6(10)5-9(7)12/h1,3-5,8,11-12H. The molecule has 0 saturated heterocycles. The predicted molar refractivity (Wildman–Crippen MR) is 46.9 cm³/mol. The monoisotopic (exact) mass is 182 g/mol. The molecule has 2 nitrogen and oxygen atoms in total. The van der Waals surface area contributed by atoms with Crippen LogP contribution in [0.25, 0.3) is 0 Å². The van der Waals surface area contributed by atoms with Gasteiger partial charge in [-0.3, -0.25) is 0 Å². The van der Waals surface area contributed by atoms with Crippen LogP contribution in [0.4, 0.5) is 0 Å². The fourth-order valence-electron chi connectivity index (χ4n) is 0.838. The van der Waals surface area contributed by atoms with E-state index < -0.39 is 6.10 Å². The van der Waals surface area contributed by atoms with Gasteiger partial charge in [-0.1, -0.05) is 23.6 Å². The first kappa shape index (κ1) is 8.92. The lowest BCUT2D eigenvalue weighted by atomic mass is 10.1. The van der Waals surface area contributed by atoms with Crippen LogP contribution in [0.2, 0.25) is 5.02 Å². The van der Waals surface area contributed by atoms with Gasteiger partial charge in [-0.25, -0.2) is 0 Å². The van der Waals surface area contributed by atoms with Crippen molar-refractivity contribution in [1.29, 1.82) is 0 Å². The van der Waals surface area contributed by atoms with Gasteiger partial charge >= 0.3 is 0 Å². The summed E-state index contributed by atoms with van der Waals surface area (Å²) >= 11 is 5.57. The van der Waals surface area contributed by atoms with Crippen LogP contribution >= 0.6 is 11.6 Å². The molecular weight excluding hydrogens is 176 g/mol. The second kappa shape index (κ2) is 3.48. The lowest BCUT2D eigenvalue weighted by Crippen LogP contribution is -1.93. The first-order chi connectivity index (χ1) is 5.65. The van der Waals surface area contributed by atoms with E-state index in [2.05, 4.69) is 5.92 Å². The molecule has 0 aliphatic carbocycles. The zero-order valence-corrected chi connectivity index (χ0v) is 6.92. The van der Waals surface area contributed by atoms with Gasteiger partial charge in [0.05, 0.1) is 0 Å². The number of hydrogen-bond acceptors (Lipinski definition) is 2. The molecule has 1 aromatic carbocycles. The third kappa shape index (κ3) is 1.70. The molecule has 1 aromatic rings. The molecule has 0 aliphatic rings. The van der Waals surface area contributed by atoms with Crippen molar-refractivity contribution in [3.63, 3.8) is 0 Å². The van der Waals surface area contributed by atoms with Crippen molar-refractivity contribution in [2.45, 2.75) is 6.10 Å². The minimum atomic E-state index is -1.08. The van der Waals surface area contributed by atoms with E-state index in [9.17, 15) is 5.11 Å². The molecule has 0 aliphatic heterocycles. The number of terminal acetylenes is 1. The van der Waals surface area contributed by atoms with Crippen molar-refractivity contribution >= 4 is 11.6 Å². The highest BCUT2D eigenvalue weighted by Gasteiger charge is 2.08. The summed E-state index contributed by atoms with van der Waals surface area (Å²) in [6.45, 7) is 0. The Morgan fingerprint density at radius 2 is 2.17 bits per heavy atom. The Balaban J connectivity index is 3.11. The average molecular weight is 183 g/mol. The molecule has 0 aromatic heterocycles. The molecule has 0 bridgehead atoms. The fraction of sp³-hybridized carbons (Fsp3) is 0.111. The number of halogens is 1. The maximum absolute atomic E-state index is 9.25. The highest BCUT2D eigenvalue weighted by atomic mass is 35.5. The van der Waals surface area contributed by atoms with Crippen molar-refractivity contribution in [2.24, 2.45) is 0 Å². The second-order valence-electron chi connectivity index (χ2n) is 2.27. The van der Waals surface area contributed by atoms with Crippen molar-refractivity contribution in [1.82, 2.24) is 0 Å². The maximum Gasteiger partial charge on any atom is 0.143 e. The van der Waals surface area contributed by atoms with E-state index in [1.807, 2.05) is 0 Å². The highest BCUT2D eigenvalue weighted by molar-refractivity contribution is 6.30. The van der Waals surface area contributed by atoms with Gasteiger partial charge < -0.3 is 10.2 Å². The molecule has 1 rings (SSSR count). The SMILES string of the molecule is C#CC(O)c1ccc(Cl)cc1O. The number of aliphatic hydroxyl groups is 1. The number of aliphatic hydroxyl groups excluding tert-OH is 1. The van der Waals surface area contributed by atoms with Gasteiger partial charge in [0.25, 0.3) is 0 Å². The predicted octanol–water partition coefficient (Wildman–Crippen LogP) is 1.71. The summed E-state index contributed by atoms with van der Waals surface area (Å²) in [5, 5.41) is 18.8. The first-order valence-corrected chi connectivity index (χ1v) is 3.65. The minimum Gasteiger partial charge on any atom is -0.507 e. The van der Waals surface area contributed by atoms with E-state index >= 15 is 0 Å². The van der Waals surface area contributed by atoms with Crippen molar-refractivity contribution in [2.75, 3.05) is 0 Å². The summed E-state index contributed by atoms with van der Waals surface area (Å²) in [6.07, 6.45) is 3.89. The van der Waals surface area contributed by atoms with Crippen LogP contribution in [0.3, 0.4) is 0 Å². The average Bonchev–Trinajstić information content (AvgIpc) is 2.03. The summed E-state index contributed by atoms with van der Waals surface area (Å²) in [5.74, 6) is 2.00. The molecule has 0 spiro atoms. The van der Waals surface area contributed by atoms with Crippen LogP contribution in [0.1, 0.15) is 11.7 Å². The normalized spacial score (nSPS) is 12.1. The number of phenols is 1. The molecule has 62 valence electrons. The Morgan fingerprint density at radius 3 is 2.67 bits per heavy atom. The van der Waals surface area contributed by atoms with Crippen molar-refractivity contribution < 1.29 is 10.2 Å². The summed E-state index contributed by atoms with van der Waals surface area (Å²) < 4.78 is 0. The first-order valence-electron chi connectivity index (χ1n) is 3.27. The molecule has 0 amide bonds. The smallest absolute Gasteiger partial charge is 0.143 e. The van der Waals surface area contributed by atoms with Crippen LogP contribution in [0.15, 0.2) is 18.2 Å². The molecule has 3 heteroatoms. The largest absolute Gasteiger partial charge is 0.507 e. The van der Waals surface area contributed by atoms with Gasteiger partial charge in [-0.2, -0.15) is 0 Å². The van der Waals surface area contributed by atoms with E-state index in [0.717, 1.165) is 0 Å². The quantitative estimate of drug-likeness (QED) is 0.650. The number of phenolic OH excluding ortho intramolecular Hbond substituents is 1. The van der Waals surface area contributed by atoms with Crippen LogP contribution in [0.5, 0.6) is 5.75 Å². The van der Waals surface area contributed by atoms with Gasteiger partial charge in [0.2, 0.25) is 0 Å². The van der Waals surface area contributed by atoms with E-state index in [1.165, 1.54) is 12.1 Å². The molecule has 1 unspecified atom stereocenters. The summed E-state index contributed by atoms with van der Waals surface area (Å²) in [4.78, 5) is 0. The van der Waals surface area contributed by atoms with E-state index in [1.54, 1.807) is 6.07 Å². The third-order valence-corrected chi connectivity index (χ3v) is 1.68. The van der Waals surface area contributed by atoms with E-state index in [4.69, 9.17) is 23.1 Å². The van der Waals surface area contributed by atoms with E-state index in [0.29, 0.717) is 10.6 Å². The minimum absolute atomic E-state index is 0.0899. The second-order valence-corrected chi connectivity index (χ2v) is 2.71. The molecule has 0 fully saturated rings. The Bertz CT molecular complexity index is 328. The molecular formula is C9H7ClO2. The molecule has 12 heavy (non-hydrogen) atoms. The number of rotatable bonds is 1. The number of aromatic hydroxyl groups is 1. The van der Waals surface area contributed by atoms with Gasteiger partial charge in [-0.05, 0) is 12.1 Å². The number of hydrogen-bond donors (Lipinski definition) is 2. The summed E-state index contributed by atoms with van der Waals surface area (Å²) in [5.41, 5.74) is 0.293. The van der Waals surface area contributed by atoms with Crippen LogP contribution in [-0.2, 0) is 0 Å². The Morgan fingerprint density at radius 1 is 1.50 bits per heavy atom. The van der Waals surface area contributed by atoms with E-state index in [-0.39, 0.29) is 5.75 Å². The summed E-state index contributed by atoms with van der Waals surface area (Å²) in [6, 6.07) is 4.37. The molecule has 0 saturated carbocycles. The molecule has 0 heterocycles. The zero-order chi connectivity index (χ0) is 9.14. The lowest BCUT2D eigenvalue weighted by molar-refractivity contribution is 0.233. The van der Waals surface area contributed by atoms with Crippen LogP contribution in [0, 0.1) is 12.3 Å². The lowest BCUT2D eigenvalue weighted by Gasteiger charge is -2.05. The third-order valence-electron chi connectivity index (χ3n) is 1.44. The topological polar surface area (TPSA) is 40.5 Å². The van der Waals surface area contributed by atoms with Crippen LogP contribution in [-0.4, -0.2) is 10.2 Å². The van der Waals surface area contributed by atoms with Crippen LogP contribution < -0.4 is 0 Å². The van der Waals surface area contributed by atoms with Gasteiger partial charge in [0.15, 0.2) is 0 Å². The summed E-state index contributed by atoms with van der Waals surface area (Å²) in [7, 11) is 0. The number of benzene rings is 1. The van der Waals surface area contributed by atoms with Gasteiger partial charge in [0, 0.05) is 10.6 Å². The fourth-order valence-corrected chi connectivity index (χ4v) is 1.00. The molecule has 1 atom stereocenters. The Kier molecular flexibility index (Phi) is 2.59. The zero-order valence-electron chi connectivity index (χ0n) is 6.16. The Labute approximate surface area is 75.4 Å². The Hall–Kier alpha value is -1.17. The highest BCUT2D eigenvalue weighted by Crippen LogP contribution is 2.26. The van der Waals surface area contributed by atoms with Crippen molar-refractivity contribution in [3.8, 4) is 18.1 Å². The van der Waals surface area contributed by atoms with Crippen molar-refractivity contribution in [3.05, 3.63) is 28.8 Å². The van der Waals surface area contributed by atoms with Gasteiger partial charge in [0.1, 0.15) is 11.9 Å². The molecule has 2 N–H and O–H groups in total. The molecule has 0 radical (unpaired) electrons.